The first-order chi connectivity index (χ1) is 9.16. The minimum atomic E-state index is -0.556. The van der Waals surface area contributed by atoms with E-state index in [-0.39, 0.29) is 23.3 Å². The van der Waals surface area contributed by atoms with E-state index < -0.39 is 4.92 Å². The van der Waals surface area contributed by atoms with Gasteiger partial charge in [-0.1, -0.05) is 17.7 Å². The Morgan fingerprint density at radius 2 is 2.16 bits per heavy atom. The quantitative estimate of drug-likeness (QED) is 0.478. The predicted molar refractivity (Wildman–Crippen MR) is 69.3 cm³/mol. The molecule has 2 aromatic heterocycles. The normalized spacial score (nSPS) is 10.2. The topological polar surface area (TPSA) is 78.2 Å². The third-order valence-corrected chi connectivity index (χ3v) is 2.54. The van der Waals surface area contributed by atoms with Gasteiger partial charge in [0.25, 0.3) is 5.88 Å². The van der Waals surface area contributed by atoms with Crippen LogP contribution >= 0.6 is 11.6 Å². The zero-order valence-corrected chi connectivity index (χ0v) is 10.6. The molecule has 6 nitrogen and oxygen atoms in total. The van der Waals surface area contributed by atoms with Gasteiger partial charge in [-0.2, -0.15) is 4.98 Å². The maximum absolute atomic E-state index is 10.8. The summed E-state index contributed by atoms with van der Waals surface area (Å²) in [4.78, 5) is 18.2. The molecule has 0 unspecified atom stereocenters. The molecule has 0 amide bonds. The molecule has 0 saturated carbocycles. The van der Waals surface area contributed by atoms with E-state index in [0.717, 1.165) is 5.69 Å². The van der Waals surface area contributed by atoms with Gasteiger partial charge in [-0.05, 0) is 18.2 Å². The second kappa shape index (κ2) is 6.10. The number of rotatable bonds is 5. The molecule has 98 valence electrons. The minimum Gasteiger partial charge on any atom is -0.472 e. The molecule has 2 rings (SSSR count). The Morgan fingerprint density at radius 1 is 1.32 bits per heavy atom. The number of halogens is 1. The minimum absolute atomic E-state index is 0.0755. The van der Waals surface area contributed by atoms with E-state index in [9.17, 15) is 10.1 Å². The van der Waals surface area contributed by atoms with Crippen LogP contribution in [0.5, 0.6) is 5.88 Å². The molecule has 2 heterocycles. The molecule has 0 N–H and O–H groups in total. The summed E-state index contributed by atoms with van der Waals surface area (Å²) in [5, 5.41) is 10.9. The van der Waals surface area contributed by atoms with Crippen LogP contribution < -0.4 is 4.74 Å². The molecule has 0 fully saturated rings. The average Bonchev–Trinajstić information content (AvgIpc) is 2.39. The molecule has 0 aliphatic rings. The van der Waals surface area contributed by atoms with E-state index in [1.54, 1.807) is 6.20 Å². The number of pyridine rings is 2. The van der Waals surface area contributed by atoms with Crippen LogP contribution in [0.4, 0.5) is 5.69 Å². The molecule has 0 spiro atoms. The van der Waals surface area contributed by atoms with Gasteiger partial charge in [0.05, 0.1) is 11.5 Å². The number of hydrogen-bond acceptors (Lipinski definition) is 5. The first-order valence-electron chi connectivity index (χ1n) is 5.50. The maximum Gasteiger partial charge on any atom is 0.331 e. The summed E-state index contributed by atoms with van der Waals surface area (Å²) in [6, 6.07) is 8.15. The van der Waals surface area contributed by atoms with Crippen molar-refractivity contribution in [2.75, 3.05) is 6.61 Å². The lowest BCUT2D eigenvalue weighted by molar-refractivity contribution is -0.386. The fourth-order valence-corrected chi connectivity index (χ4v) is 1.59. The molecule has 0 aliphatic heterocycles. The molecular weight excluding hydrogens is 270 g/mol. The Kier molecular flexibility index (Phi) is 4.25. The zero-order chi connectivity index (χ0) is 13.7. The van der Waals surface area contributed by atoms with Crippen molar-refractivity contribution < 1.29 is 9.66 Å². The van der Waals surface area contributed by atoms with Gasteiger partial charge in [0.1, 0.15) is 5.15 Å². The highest BCUT2D eigenvalue weighted by molar-refractivity contribution is 6.29. The maximum atomic E-state index is 10.8. The summed E-state index contributed by atoms with van der Waals surface area (Å²) in [5.74, 6) is -0.0755. The molecule has 0 aromatic carbocycles. The third kappa shape index (κ3) is 3.62. The summed E-state index contributed by atoms with van der Waals surface area (Å²) in [7, 11) is 0. The van der Waals surface area contributed by atoms with Crippen LogP contribution in [0.15, 0.2) is 36.5 Å². The molecule has 7 heteroatoms. The van der Waals surface area contributed by atoms with Gasteiger partial charge in [0.15, 0.2) is 0 Å². The molecular formula is C12H10ClN3O3. The van der Waals surface area contributed by atoms with Crippen LogP contribution in [0.3, 0.4) is 0 Å². The largest absolute Gasteiger partial charge is 0.472 e. The first kappa shape index (κ1) is 13.2. The van der Waals surface area contributed by atoms with E-state index in [0.29, 0.717) is 6.42 Å². The van der Waals surface area contributed by atoms with Crippen molar-refractivity contribution in [3.63, 3.8) is 0 Å². The lowest BCUT2D eigenvalue weighted by atomic mass is 10.3. The second-order valence-corrected chi connectivity index (χ2v) is 4.02. The van der Waals surface area contributed by atoms with Crippen molar-refractivity contribution in [1.29, 1.82) is 0 Å². The van der Waals surface area contributed by atoms with Crippen LogP contribution in [0.1, 0.15) is 5.69 Å². The second-order valence-electron chi connectivity index (χ2n) is 3.63. The number of nitro groups is 1. The molecule has 2 aromatic rings. The van der Waals surface area contributed by atoms with Gasteiger partial charge in [-0.15, -0.1) is 0 Å². The Labute approximate surface area is 114 Å². The highest BCUT2D eigenvalue weighted by Gasteiger charge is 2.17. The lowest BCUT2D eigenvalue weighted by Crippen LogP contribution is -2.06. The predicted octanol–water partition coefficient (Wildman–Crippen LogP) is 2.66. The monoisotopic (exact) mass is 279 g/mol. The van der Waals surface area contributed by atoms with Crippen molar-refractivity contribution in [3.05, 3.63) is 57.5 Å². The van der Waals surface area contributed by atoms with Crippen LogP contribution in [0.25, 0.3) is 0 Å². The Bertz CT molecular complexity index is 578. The molecule has 0 radical (unpaired) electrons. The zero-order valence-electron chi connectivity index (χ0n) is 9.82. The summed E-state index contributed by atoms with van der Waals surface area (Å²) in [6.45, 7) is 0.241. The summed E-state index contributed by atoms with van der Waals surface area (Å²) >= 11 is 5.69. The summed E-state index contributed by atoms with van der Waals surface area (Å²) in [5.41, 5.74) is 0.637. The van der Waals surface area contributed by atoms with Gasteiger partial charge in [-0.25, -0.2) is 0 Å². The van der Waals surface area contributed by atoms with E-state index in [1.165, 1.54) is 12.1 Å². The highest BCUT2D eigenvalue weighted by Crippen LogP contribution is 2.26. The van der Waals surface area contributed by atoms with Crippen molar-refractivity contribution >= 4 is 17.3 Å². The van der Waals surface area contributed by atoms with Gasteiger partial charge >= 0.3 is 5.69 Å². The van der Waals surface area contributed by atoms with Gasteiger partial charge in [0, 0.05) is 24.4 Å². The molecule has 0 saturated heterocycles. The molecule has 0 atom stereocenters. The third-order valence-electron chi connectivity index (χ3n) is 2.33. The van der Waals surface area contributed by atoms with Crippen LogP contribution in [0.2, 0.25) is 5.15 Å². The average molecular weight is 280 g/mol. The summed E-state index contributed by atoms with van der Waals surface area (Å²) < 4.78 is 5.31. The smallest absolute Gasteiger partial charge is 0.331 e. The molecule has 0 bridgehead atoms. The Balaban J connectivity index is 2.03. The number of hydrogen-bond donors (Lipinski definition) is 0. The fraction of sp³-hybridized carbons (Fsp3) is 0.167. The van der Waals surface area contributed by atoms with Gasteiger partial charge < -0.3 is 4.74 Å². The van der Waals surface area contributed by atoms with Crippen molar-refractivity contribution in [1.82, 2.24) is 9.97 Å². The number of nitrogens with zero attached hydrogens (tertiary/aromatic N) is 3. The standard InChI is InChI=1S/C12H10ClN3O3/c13-11-5-4-10(16(17)18)12(15-11)19-8-6-9-3-1-2-7-14-9/h1-5,7H,6,8H2. The Hall–Kier alpha value is -2.21. The molecule has 19 heavy (non-hydrogen) atoms. The van der Waals surface area contributed by atoms with Crippen molar-refractivity contribution in [2.45, 2.75) is 6.42 Å². The number of ether oxygens (including phenoxy) is 1. The van der Waals surface area contributed by atoms with E-state index in [4.69, 9.17) is 16.3 Å². The van der Waals surface area contributed by atoms with E-state index >= 15 is 0 Å². The van der Waals surface area contributed by atoms with Gasteiger partial charge in [-0.3, -0.25) is 15.1 Å². The SMILES string of the molecule is O=[N+]([O-])c1ccc(Cl)nc1OCCc1ccccn1. The van der Waals surface area contributed by atoms with Crippen LogP contribution in [-0.4, -0.2) is 21.5 Å². The first-order valence-corrected chi connectivity index (χ1v) is 5.88. The lowest BCUT2D eigenvalue weighted by Gasteiger charge is -2.05. The highest BCUT2D eigenvalue weighted by atomic mass is 35.5. The molecule has 0 aliphatic carbocycles. The van der Waals surface area contributed by atoms with Crippen molar-refractivity contribution in [3.8, 4) is 5.88 Å². The van der Waals surface area contributed by atoms with Crippen LogP contribution in [0, 0.1) is 10.1 Å². The summed E-state index contributed by atoms with van der Waals surface area (Å²) in [6.07, 6.45) is 2.21. The fourth-order valence-electron chi connectivity index (χ4n) is 1.45. The van der Waals surface area contributed by atoms with E-state index in [1.807, 2.05) is 18.2 Å². The number of aromatic nitrogens is 2. The van der Waals surface area contributed by atoms with E-state index in [2.05, 4.69) is 9.97 Å². The Morgan fingerprint density at radius 3 is 2.84 bits per heavy atom. The van der Waals surface area contributed by atoms with Gasteiger partial charge in [0.2, 0.25) is 0 Å². The van der Waals surface area contributed by atoms with Crippen LogP contribution in [-0.2, 0) is 6.42 Å². The van der Waals surface area contributed by atoms with Crippen molar-refractivity contribution in [2.24, 2.45) is 0 Å².